The lowest BCUT2D eigenvalue weighted by Crippen LogP contribution is -2.27. The van der Waals surface area contributed by atoms with Gasteiger partial charge in [0.05, 0.1) is 18.6 Å². The van der Waals surface area contributed by atoms with Crippen molar-refractivity contribution in [1.29, 1.82) is 0 Å². The van der Waals surface area contributed by atoms with Gasteiger partial charge in [-0.3, -0.25) is 4.90 Å². The summed E-state index contributed by atoms with van der Waals surface area (Å²) in [5.74, 6) is 6.35. The van der Waals surface area contributed by atoms with E-state index in [4.69, 9.17) is 4.74 Å². The van der Waals surface area contributed by atoms with Gasteiger partial charge in [-0.2, -0.15) is 4.72 Å². The van der Waals surface area contributed by atoms with Crippen molar-refractivity contribution in [2.45, 2.75) is 11.8 Å². The highest BCUT2D eigenvalue weighted by molar-refractivity contribution is 7.89. The largest absolute Gasteiger partial charge is 0.496 e. The van der Waals surface area contributed by atoms with E-state index in [9.17, 15) is 13.2 Å². The van der Waals surface area contributed by atoms with Crippen LogP contribution in [-0.2, 0) is 10.0 Å². The number of urea groups is 1. The van der Waals surface area contributed by atoms with E-state index in [1.165, 1.54) is 13.2 Å². The average molecular weight is 399 g/mol. The summed E-state index contributed by atoms with van der Waals surface area (Å²) in [6.45, 7) is 3.04. The highest BCUT2D eigenvalue weighted by atomic mass is 32.2. The molecule has 2 aromatic rings. The number of hydrogen-bond donors (Lipinski definition) is 2. The van der Waals surface area contributed by atoms with Gasteiger partial charge >= 0.3 is 6.03 Å². The lowest BCUT2D eigenvalue weighted by atomic mass is 10.2. The van der Waals surface area contributed by atoms with Gasteiger partial charge in [-0.15, -0.1) is 0 Å². The van der Waals surface area contributed by atoms with Crippen LogP contribution in [0.25, 0.3) is 0 Å². The zero-order valence-corrected chi connectivity index (χ0v) is 16.5. The SMILES string of the molecule is COc1ccc(S(=O)(=O)NCC#Cc2ccc(N3CCNC3=O)cc2)cc1C. The van der Waals surface area contributed by atoms with Crippen molar-refractivity contribution in [1.82, 2.24) is 10.0 Å². The van der Waals surface area contributed by atoms with Crippen LogP contribution in [-0.4, -0.2) is 41.2 Å². The summed E-state index contributed by atoms with van der Waals surface area (Å²) in [7, 11) is -2.11. The van der Waals surface area contributed by atoms with Crippen LogP contribution in [0.15, 0.2) is 47.4 Å². The van der Waals surface area contributed by atoms with E-state index in [2.05, 4.69) is 21.9 Å². The number of amides is 2. The third-order valence-corrected chi connectivity index (χ3v) is 5.69. The maximum Gasteiger partial charge on any atom is 0.321 e. The molecular formula is C20H21N3O4S. The number of carbonyl (C=O) groups is 1. The molecule has 1 aliphatic heterocycles. The first-order valence-corrected chi connectivity index (χ1v) is 10.2. The van der Waals surface area contributed by atoms with Crippen LogP contribution in [0, 0.1) is 18.8 Å². The van der Waals surface area contributed by atoms with Gasteiger partial charge < -0.3 is 10.1 Å². The number of carbonyl (C=O) groups excluding carboxylic acids is 1. The molecule has 0 atom stereocenters. The van der Waals surface area contributed by atoms with Crippen LogP contribution in [0.3, 0.4) is 0 Å². The first-order chi connectivity index (χ1) is 13.4. The van der Waals surface area contributed by atoms with Crippen molar-refractivity contribution in [3.8, 4) is 17.6 Å². The number of hydrogen-bond acceptors (Lipinski definition) is 4. The summed E-state index contributed by atoms with van der Waals surface area (Å²) in [6, 6.07) is 11.8. The number of methoxy groups -OCH3 is 1. The zero-order chi connectivity index (χ0) is 20.1. The standard InChI is InChI=1S/C20H21N3O4S/c1-15-14-18(9-10-19(15)27-2)28(25,26)22-11-3-4-16-5-7-17(8-6-16)23-13-12-21-20(23)24/h5-10,14,22H,11-13H2,1-2H3,(H,21,24). The Balaban J connectivity index is 1.61. The third-order valence-electron chi connectivity index (χ3n) is 4.30. The highest BCUT2D eigenvalue weighted by Gasteiger charge is 2.20. The van der Waals surface area contributed by atoms with E-state index in [0.717, 1.165) is 16.8 Å². The Hall–Kier alpha value is -3.02. The molecule has 0 aromatic heterocycles. The van der Waals surface area contributed by atoms with Gasteiger partial charge in [0.1, 0.15) is 5.75 Å². The van der Waals surface area contributed by atoms with Gasteiger partial charge in [-0.1, -0.05) is 11.8 Å². The monoisotopic (exact) mass is 399 g/mol. The number of rotatable bonds is 5. The Morgan fingerprint density at radius 3 is 2.57 bits per heavy atom. The lowest BCUT2D eigenvalue weighted by molar-refractivity contribution is 0.252. The van der Waals surface area contributed by atoms with Gasteiger partial charge in [0.25, 0.3) is 0 Å². The molecule has 2 N–H and O–H groups in total. The maximum atomic E-state index is 12.4. The third kappa shape index (κ3) is 4.44. The Morgan fingerprint density at radius 2 is 1.96 bits per heavy atom. The topological polar surface area (TPSA) is 87.7 Å². The summed E-state index contributed by atoms with van der Waals surface area (Å²) >= 11 is 0. The van der Waals surface area contributed by atoms with E-state index in [1.54, 1.807) is 36.1 Å². The number of anilines is 1. The van der Waals surface area contributed by atoms with Crippen molar-refractivity contribution >= 4 is 21.7 Å². The molecule has 1 aliphatic rings. The number of nitrogens with zero attached hydrogens (tertiary/aromatic N) is 1. The second-order valence-corrected chi connectivity index (χ2v) is 7.96. The van der Waals surface area contributed by atoms with Crippen molar-refractivity contribution in [2.24, 2.45) is 0 Å². The predicted octanol–water partition coefficient (Wildman–Crippen LogP) is 1.86. The van der Waals surface area contributed by atoms with E-state index in [0.29, 0.717) is 18.8 Å². The smallest absolute Gasteiger partial charge is 0.321 e. The second-order valence-electron chi connectivity index (χ2n) is 6.19. The van der Waals surface area contributed by atoms with Crippen LogP contribution in [0.5, 0.6) is 5.75 Å². The van der Waals surface area contributed by atoms with Crippen molar-refractivity contribution < 1.29 is 17.9 Å². The molecule has 0 aliphatic carbocycles. The molecule has 0 bridgehead atoms. The quantitative estimate of drug-likeness (QED) is 0.752. The summed E-state index contributed by atoms with van der Waals surface area (Å²) in [5.41, 5.74) is 2.28. The highest BCUT2D eigenvalue weighted by Crippen LogP contribution is 2.21. The number of ether oxygens (including phenoxy) is 1. The summed E-state index contributed by atoms with van der Waals surface area (Å²) in [4.78, 5) is 13.5. The number of sulfonamides is 1. The molecule has 1 heterocycles. The Labute approximate surface area is 164 Å². The summed E-state index contributed by atoms with van der Waals surface area (Å²) in [5, 5.41) is 2.75. The fraction of sp³-hybridized carbons (Fsp3) is 0.250. The molecule has 8 heteroatoms. The minimum atomic E-state index is -3.65. The molecule has 0 spiro atoms. The Kier molecular flexibility index (Phi) is 5.87. The van der Waals surface area contributed by atoms with E-state index in [1.807, 2.05) is 12.1 Å². The Morgan fingerprint density at radius 1 is 1.21 bits per heavy atom. The van der Waals surface area contributed by atoms with Crippen LogP contribution in [0.1, 0.15) is 11.1 Å². The van der Waals surface area contributed by atoms with Crippen LogP contribution in [0.2, 0.25) is 0 Å². The van der Waals surface area contributed by atoms with E-state index < -0.39 is 10.0 Å². The van der Waals surface area contributed by atoms with Gasteiger partial charge in [0.2, 0.25) is 10.0 Å². The van der Waals surface area contributed by atoms with Crippen LogP contribution in [0.4, 0.5) is 10.5 Å². The van der Waals surface area contributed by atoms with E-state index in [-0.39, 0.29) is 17.5 Å². The molecule has 7 nitrogen and oxygen atoms in total. The molecule has 2 aromatic carbocycles. The minimum absolute atomic E-state index is 0.0102. The van der Waals surface area contributed by atoms with E-state index >= 15 is 0 Å². The maximum absolute atomic E-state index is 12.4. The van der Waals surface area contributed by atoms with Crippen LogP contribution < -0.4 is 19.7 Å². The molecular weight excluding hydrogens is 378 g/mol. The summed E-state index contributed by atoms with van der Waals surface area (Å²) < 4.78 is 32.3. The second kappa shape index (κ2) is 8.33. The van der Waals surface area contributed by atoms with Gasteiger partial charge in [0, 0.05) is 24.3 Å². The predicted molar refractivity (Wildman–Crippen MR) is 107 cm³/mol. The zero-order valence-electron chi connectivity index (χ0n) is 15.7. The minimum Gasteiger partial charge on any atom is -0.496 e. The van der Waals surface area contributed by atoms with Gasteiger partial charge in [0.15, 0.2) is 0 Å². The summed E-state index contributed by atoms with van der Waals surface area (Å²) in [6.07, 6.45) is 0. The number of aryl methyl sites for hydroxylation is 1. The van der Waals surface area contributed by atoms with Gasteiger partial charge in [-0.05, 0) is 55.0 Å². The van der Waals surface area contributed by atoms with Gasteiger partial charge in [-0.25, -0.2) is 13.2 Å². The average Bonchev–Trinajstić information content (AvgIpc) is 3.11. The Bertz CT molecular complexity index is 1040. The lowest BCUT2D eigenvalue weighted by Gasteiger charge is -2.13. The molecule has 28 heavy (non-hydrogen) atoms. The molecule has 0 saturated carbocycles. The molecule has 2 amide bonds. The first-order valence-electron chi connectivity index (χ1n) is 8.69. The molecule has 0 unspecified atom stereocenters. The number of nitrogens with one attached hydrogen (secondary N) is 2. The molecule has 1 fully saturated rings. The number of benzene rings is 2. The normalized spacial score (nSPS) is 13.6. The van der Waals surface area contributed by atoms with Crippen LogP contribution >= 0.6 is 0 Å². The van der Waals surface area contributed by atoms with Crippen molar-refractivity contribution in [3.05, 3.63) is 53.6 Å². The fourth-order valence-corrected chi connectivity index (χ4v) is 3.83. The van der Waals surface area contributed by atoms with Crippen molar-refractivity contribution in [2.75, 3.05) is 31.6 Å². The fourth-order valence-electron chi connectivity index (χ4n) is 2.82. The molecule has 3 rings (SSSR count). The first kappa shape index (κ1) is 19.7. The molecule has 146 valence electrons. The van der Waals surface area contributed by atoms with Crippen molar-refractivity contribution in [3.63, 3.8) is 0 Å². The molecule has 0 radical (unpaired) electrons. The molecule has 1 saturated heterocycles.